The zero-order chi connectivity index (χ0) is 13.4. The van der Waals surface area contributed by atoms with Crippen LogP contribution < -0.4 is 5.32 Å². The minimum atomic E-state index is 0.224. The van der Waals surface area contributed by atoms with Crippen molar-refractivity contribution in [1.82, 2.24) is 5.32 Å². The van der Waals surface area contributed by atoms with Gasteiger partial charge in [-0.05, 0) is 39.7 Å². The van der Waals surface area contributed by atoms with Crippen molar-refractivity contribution in [2.75, 3.05) is 0 Å². The van der Waals surface area contributed by atoms with E-state index in [0.717, 1.165) is 0 Å². The second-order valence-electron chi connectivity index (χ2n) is 5.13. The van der Waals surface area contributed by atoms with Gasteiger partial charge in [0.05, 0.1) is 6.04 Å². The van der Waals surface area contributed by atoms with Gasteiger partial charge in [-0.2, -0.15) is 0 Å². The molecule has 1 heterocycles. The first-order chi connectivity index (χ1) is 9.93. The van der Waals surface area contributed by atoms with Gasteiger partial charge in [0.25, 0.3) is 0 Å². The molecule has 0 saturated carbocycles. The third kappa shape index (κ3) is 1.71. The van der Waals surface area contributed by atoms with Gasteiger partial charge in [0, 0.05) is 0 Å². The average Bonchev–Trinajstić information content (AvgIpc) is 2.54. The Balaban J connectivity index is 1.95. The molecular formula is C19H15N. The van der Waals surface area contributed by atoms with Crippen LogP contribution in [0.5, 0.6) is 0 Å². The van der Waals surface area contributed by atoms with Crippen LogP contribution >= 0.6 is 0 Å². The summed E-state index contributed by atoms with van der Waals surface area (Å²) in [4.78, 5) is 0. The maximum Gasteiger partial charge on any atom is 0.0774 e. The third-order valence-corrected chi connectivity index (χ3v) is 3.97. The summed E-state index contributed by atoms with van der Waals surface area (Å²) < 4.78 is 0. The van der Waals surface area contributed by atoms with Crippen LogP contribution in [-0.4, -0.2) is 0 Å². The van der Waals surface area contributed by atoms with E-state index in [2.05, 4.69) is 84.3 Å². The lowest BCUT2D eigenvalue weighted by molar-refractivity contribution is 0.726. The van der Waals surface area contributed by atoms with E-state index in [1.54, 1.807) is 0 Å². The molecule has 1 aliphatic rings. The molecule has 1 unspecified atom stereocenters. The number of hydrogen-bond acceptors (Lipinski definition) is 1. The Morgan fingerprint density at radius 3 is 2.45 bits per heavy atom. The molecule has 0 radical (unpaired) electrons. The quantitative estimate of drug-likeness (QED) is 0.676. The summed E-state index contributed by atoms with van der Waals surface area (Å²) in [6.07, 6.45) is 4.19. The Labute approximate surface area is 118 Å². The van der Waals surface area contributed by atoms with E-state index < -0.39 is 0 Å². The molecule has 1 aliphatic heterocycles. The highest BCUT2D eigenvalue weighted by Crippen LogP contribution is 2.32. The van der Waals surface area contributed by atoms with Crippen molar-refractivity contribution in [3.63, 3.8) is 0 Å². The second kappa shape index (κ2) is 4.53. The number of hydrogen-bond donors (Lipinski definition) is 1. The highest BCUT2D eigenvalue weighted by molar-refractivity contribution is 5.86. The minimum absolute atomic E-state index is 0.224. The number of benzene rings is 3. The maximum absolute atomic E-state index is 3.50. The average molecular weight is 257 g/mol. The van der Waals surface area contributed by atoms with Gasteiger partial charge in [0.1, 0.15) is 0 Å². The van der Waals surface area contributed by atoms with Gasteiger partial charge in [0.2, 0.25) is 0 Å². The van der Waals surface area contributed by atoms with Crippen LogP contribution in [0.4, 0.5) is 0 Å². The van der Waals surface area contributed by atoms with Crippen LogP contribution in [0, 0.1) is 0 Å². The number of fused-ring (bicyclic) bond motifs is 2. The number of nitrogens with one attached hydrogen (secondary N) is 1. The SMILES string of the molecule is C1=Cc2ccccc2C(c2cccc3ccccc23)N1. The van der Waals surface area contributed by atoms with E-state index in [0.29, 0.717) is 0 Å². The van der Waals surface area contributed by atoms with Crippen molar-refractivity contribution in [3.05, 3.63) is 89.6 Å². The molecule has 96 valence electrons. The van der Waals surface area contributed by atoms with Crippen molar-refractivity contribution >= 4 is 16.8 Å². The van der Waals surface area contributed by atoms with E-state index >= 15 is 0 Å². The predicted molar refractivity (Wildman–Crippen MR) is 84.4 cm³/mol. The Bertz CT molecular complexity index is 796. The molecule has 0 bridgehead atoms. The van der Waals surface area contributed by atoms with E-state index in [4.69, 9.17) is 0 Å². The van der Waals surface area contributed by atoms with Gasteiger partial charge in [0.15, 0.2) is 0 Å². The van der Waals surface area contributed by atoms with Crippen LogP contribution in [0.25, 0.3) is 16.8 Å². The molecule has 1 N–H and O–H groups in total. The third-order valence-electron chi connectivity index (χ3n) is 3.97. The lowest BCUT2D eigenvalue weighted by Crippen LogP contribution is -2.20. The molecule has 0 saturated heterocycles. The van der Waals surface area contributed by atoms with Gasteiger partial charge in [-0.1, -0.05) is 66.7 Å². The van der Waals surface area contributed by atoms with Crippen LogP contribution in [-0.2, 0) is 0 Å². The fraction of sp³-hybridized carbons (Fsp3) is 0.0526. The van der Waals surface area contributed by atoms with Crippen molar-refractivity contribution < 1.29 is 0 Å². The molecule has 1 nitrogen and oxygen atoms in total. The van der Waals surface area contributed by atoms with E-state index in [9.17, 15) is 0 Å². The van der Waals surface area contributed by atoms with Crippen LogP contribution in [0.15, 0.2) is 72.9 Å². The highest BCUT2D eigenvalue weighted by atomic mass is 14.9. The molecule has 1 heteroatoms. The van der Waals surface area contributed by atoms with E-state index in [1.165, 1.54) is 27.5 Å². The summed E-state index contributed by atoms with van der Waals surface area (Å²) in [5.74, 6) is 0. The summed E-state index contributed by atoms with van der Waals surface area (Å²) in [6.45, 7) is 0. The fourth-order valence-electron chi connectivity index (χ4n) is 3.01. The summed E-state index contributed by atoms with van der Waals surface area (Å²) in [5.41, 5.74) is 3.97. The smallest absolute Gasteiger partial charge is 0.0774 e. The molecule has 0 spiro atoms. The summed E-state index contributed by atoms with van der Waals surface area (Å²) in [6, 6.07) is 23.9. The number of rotatable bonds is 1. The van der Waals surface area contributed by atoms with Crippen molar-refractivity contribution in [3.8, 4) is 0 Å². The molecule has 4 rings (SSSR count). The first kappa shape index (κ1) is 11.3. The summed E-state index contributed by atoms with van der Waals surface area (Å²) >= 11 is 0. The normalized spacial score (nSPS) is 16.7. The summed E-state index contributed by atoms with van der Waals surface area (Å²) in [5, 5.41) is 6.11. The van der Waals surface area contributed by atoms with Crippen molar-refractivity contribution in [1.29, 1.82) is 0 Å². The lowest BCUT2D eigenvalue weighted by atomic mass is 9.89. The van der Waals surface area contributed by atoms with Gasteiger partial charge in [-0.15, -0.1) is 0 Å². The predicted octanol–water partition coefficient (Wildman–Crippen LogP) is 4.50. The highest BCUT2D eigenvalue weighted by Gasteiger charge is 2.19. The minimum Gasteiger partial charge on any atom is -0.380 e. The van der Waals surface area contributed by atoms with E-state index in [1.807, 2.05) is 0 Å². The Morgan fingerprint density at radius 1 is 0.700 bits per heavy atom. The molecular weight excluding hydrogens is 242 g/mol. The Hall–Kier alpha value is -2.54. The molecule has 3 aromatic rings. The molecule has 20 heavy (non-hydrogen) atoms. The summed E-state index contributed by atoms with van der Waals surface area (Å²) in [7, 11) is 0. The zero-order valence-electron chi connectivity index (χ0n) is 11.1. The largest absolute Gasteiger partial charge is 0.380 e. The maximum atomic E-state index is 3.50. The van der Waals surface area contributed by atoms with Gasteiger partial charge in [-0.3, -0.25) is 0 Å². The Morgan fingerprint density at radius 2 is 1.45 bits per heavy atom. The molecule has 0 aromatic heterocycles. The first-order valence-corrected chi connectivity index (χ1v) is 6.93. The molecule has 1 atom stereocenters. The van der Waals surface area contributed by atoms with Crippen LogP contribution in [0.3, 0.4) is 0 Å². The monoisotopic (exact) mass is 257 g/mol. The standard InChI is InChI=1S/C19H15N/c1-3-9-16-14(6-1)8-5-11-18(16)19-17-10-4-2-7-15(17)12-13-20-19/h1-13,19-20H. The van der Waals surface area contributed by atoms with Crippen LogP contribution in [0.1, 0.15) is 22.7 Å². The van der Waals surface area contributed by atoms with Crippen molar-refractivity contribution in [2.24, 2.45) is 0 Å². The van der Waals surface area contributed by atoms with Crippen molar-refractivity contribution in [2.45, 2.75) is 6.04 Å². The first-order valence-electron chi connectivity index (χ1n) is 6.93. The molecule has 3 aromatic carbocycles. The van der Waals surface area contributed by atoms with Crippen LogP contribution in [0.2, 0.25) is 0 Å². The Kier molecular flexibility index (Phi) is 2.56. The topological polar surface area (TPSA) is 12.0 Å². The van der Waals surface area contributed by atoms with Gasteiger partial charge in [-0.25, -0.2) is 0 Å². The fourth-order valence-corrected chi connectivity index (χ4v) is 3.01. The van der Waals surface area contributed by atoms with Gasteiger partial charge >= 0.3 is 0 Å². The zero-order valence-corrected chi connectivity index (χ0v) is 11.1. The van der Waals surface area contributed by atoms with E-state index in [-0.39, 0.29) is 6.04 Å². The lowest BCUT2D eigenvalue weighted by Gasteiger charge is -2.25. The molecule has 0 aliphatic carbocycles. The molecule has 0 fully saturated rings. The van der Waals surface area contributed by atoms with Gasteiger partial charge < -0.3 is 5.32 Å². The molecule has 0 amide bonds. The second-order valence-corrected chi connectivity index (χ2v) is 5.13.